The first-order chi connectivity index (χ1) is 11.7. The van der Waals surface area contributed by atoms with Crippen LogP contribution in [0.25, 0.3) is 0 Å². The van der Waals surface area contributed by atoms with Gasteiger partial charge in [0.2, 0.25) is 5.91 Å². The van der Waals surface area contributed by atoms with Gasteiger partial charge in [-0.05, 0) is 40.5 Å². The molecule has 1 unspecified atom stereocenters. The lowest BCUT2D eigenvalue weighted by molar-refractivity contribution is -0.129. The largest absolute Gasteiger partial charge is 0.498 e. The van der Waals surface area contributed by atoms with E-state index in [-0.39, 0.29) is 23.2 Å². The van der Waals surface area contributed by atoms with Gasteiger partial charge in [-0.3, -0.25) is 4.79 Å². The zero-order valence-corrected chi connectivity index (χ0v) is 16.4. The van der Waals surface area contributed by atoms with Gasteiger partial charge in [-0.2, -0.15) is 0 Å². The molecule has 0 saturated carbocycles. The van der Waals surface area contributed by atoms with Gasteiger partial charge in [-0.25, -0.2) is 9.97 Å². The Bertz CT molecular complexity index is 623. The van der Waals surface area contributed by atoms with Crippen molar-refractivity contribution in [2.45, 2.75) is 69.9 Å². The minimum atomic E-state index is -0.438. The molecule has 1 aromatic heterocycles. The summed E-state index contributed by atoms with van der Waals surface area (Å²) in [4.78, 5) is 22.4. The third-order valence-electron chi connectivity index (χ3n) is 5.36. The van der Waals surface area contributed by atoms with Crippen molar-refractivity contribution in [3.63, 3.8) is 0 Å². The van der Waals surface area contributed by atoms with Gasteiger partial charge < -0.3 is 14.2 Å². The lowest BCUT2D eigenvalue weighted by atomic mass is 9.81. The zero-order valence-electron chi connectivity index (χ0n) is 15.6. The van der Waals surface area contributed by atoms with Crippen molar-refractivity contribution >= 4 is 30.3 Å². The summed E-state index contributed by atoms with van der Waals surface area (Å²) < 4.78 is 12.0. The molecule has 25 heavy (non-hydrogen) atoms. The molecule has 2 fully saturated rings. The first-order valence-electron chi connectivity index (χ1n) is 8.77. The van der Waals surface area contributed by atoms with Crippen molar-refractivity contribution in [3.8, 4) is 0 Å². The predicted octanol–water partition coefficient (Wildman–Crippen LogP) is 1.88. The molecule has 0 spiro atoms. The molecule has 1 amide bonds. The number of hydrogen-bond donors (Lipinski definition) is 0. The maximum Gasteiger partial charge on any atom is 0.498 e. The number of hydrogen-bond acceptors (Lipinski definition) is 6. The molecule has 8 heteroatoms. The van der Waals surface area contributed by atoms with Gasteiger partial charge in [-0.15, -0.1) is 0 Å². The fourth-order valence-corrected chi connectivity index (χ4v) is 4.04. The van der Waals surface area contributed by atoms with E-state index in [4.69, 9.17) is 9.31 Å². The van der Waals surface area contributed by atoms with E-state index in [0.717, 1.165) is 35.8 Å². The Morgan fingerprint density at radius 3 is 2.44 bits per heavy atom. The molecule has 0 aromatic carbocycles. The molecule has 2 aliphatic heterocycles. The number of nitrogens with zero attached hydrogens (tertiary/aromatic N) is 3. The van der Waals surface area contributed by atoms with Crippen LogP contribution in [0.1, 0.15) is 47.5 Å². The van der Waals surface area contributed by atoms with Crippen molar-refractivity contribution in [2.75, 3.05) is 12.3 Å². The number of amides is 1. The number of thioether (sulfide) groups is 1. The lowest BCUT2D eigenvalue weighted by Gasteiger charge is -2.32. The average molecular weight is 363 g/mol. The Labute approximate surface area is 154 Å². The van der Waals surface area contributed by atoms with Crippen LogP contribution in [-0.4, -0.2) is 57.4 Å². The van der Waals surface area contributed by atoms with Gasteiger partial charge in [0.25, 0.3) is 0 Å². The normalized spacial score (nSPS) is 24.8. The van der Waals surface area contributed by atoms with Gasteiger partial charge >= 0.3 is 7.12 Å². The van der Waals surface area contributed by atoms with Crippen LogP contribution >= 0.6 is 11.8 Å². The summed E-state index contributed by atoms with van der Waals surface area (Å²) in [5, 5.41) is 0.718. The van der Waals surface area contributed by atoms with Gasteiger partial charge in [0.1, 0.15) is 0 Å². The van der Waals surface area contributed by atoms with E-state index < -0.39 is 7.12 Å². The monoisotopic (exact) mass is 363 g/mol. The number of carbonyl (C=O) groups excluding carboxylic acids is 1. The Balaban J connectivity index is 1.59. The molecule has 3 heterocycles. The summed E-state index contributed by atoms with van der Waals surface area (Å²) in [5.41, 5.74) is 0.0854. The molecule has 0 aliphatic carbocycles. The molecule has 2 aliphatic rings. The van der Waals surface area contributed by atoms with Crippen LogP contribution in [0.5, 0.6) is 0 Å². The fourth-order valence-electron chi connectivity index (χ4n) is 3.10. The van der Waals surface area contributed by atoms with Crippen LogP contribution < -0.4 is 5.46 Å². The van der Waals surface area contributed by atoms with Gasteiger partial charge in [0.15, 0.2) is 5.16 Å². The summed E-state index contributed by atoms with van der Waals surface area (Å²) in [6.45, 7) is 10.6. The van der Waals surface area contributed by atoms with E-state index in [0.29, 0.717) is 0 Å². The highest BCUT2D eigenvalue weighted by molar-refractivity contribution is 7.99. The Morgan fingerprint density at radius 1 is 1.28 bits per heavy atom. The van der Waals surface area contributed by atoms with Crippen LogP contribution in [0, 0.1) is 0 Å². The Hall–Kier alpha value is -1.12. The molecule has 1 aromatic rings. The van der Waals surface area contributed by atoms with Crippen molar-refractivity contribution in [1.29, 1.82) is 0 Å². The predicted molar refractivity (Wildman–Crippen MR) is 98.9 cm³/mol. The van der Waals surface area contributed by atoms with Crippen molar-refractivity contribution in [1.82, 2.24) is 14.9 Å². The van der Waals surface area contributed by atoms with Crippen LogP contribution in [0.2, 0.25) is 0 Å². The number of rotatable bonds is 4. The second kappa shape index (κ2) is 6.89. The molecular weight excluding hydrogens is 337 g/mol. The Morgan fingerprint density at radius 2 is 1.88 bits per heavy atom. The van der Waals surface area contributed by atoms with Crippen LogP contribution in [-0.2, 0) is 14.1 Å². The van der Waals surface area contributed by atoms with E-state index in [1.165, 1.54) is 0 Å². The second-order valence-corrected chi connectivity index (χ2v) is 8.69. The summed E-state index contributed by atoms with van der Waals surface area (Å²) in [7, 11) is -0.438. The molecule has 0 N–H and O–H groups in total. The minimum Gasteiger partial charge on any atom is -0.399 e. The highest BCUT2D eigenvalue weighted by Gasteiger charge is 2.51. The molecule has 6 nitrogen and oxygen atoms in total. The highest BCUT2D eigenvalue weighted by atomic mass is 32.2. The maximum absolute atomic E-state index is 11.6. The summed E-state index contributed by atoms with van der Waals surface area (Å²) in [5.74, 6) is 0.982. The van der Waals surface area contributed by atoms with E-state index >= 15 is 0 Å². The van der Waals surface area contributed by atoms with Crippen molar-refractivity contribution < 1.29 is 14.1 Å². The number of carbonyl (C=O) groups is 1. The summed E-state index contributed by atoms with van der Waals surface area (Å²) in [6.07, 6.45) is 5.68. The highest BCUT2D eigenvalue weighted by Crippen LogP contribution is 2.36. The molecule has 3 rings (SSSR count). The quantitative estimate of drug-likeness (QED) is 0.462. The topological polar surface area (TPSA) is 64.6 Å². The van der Waals surface area contributed by atoms with E-state index in [1.807, 2.05) is 32.6 Å². The average Bonchev–Trinajstić information content (AvgIpc) is 3.08. The summed E-state index contributed by atoms with van der Waals surface area (Å²) in [6, 6.07) is 0.286. The van der Waals surface area contributed by atoms with E-state index in [9.17, 15) is 4.79 Å². The lowest BCUT2D eigenvalue weighted by Crippen LogP contribution is -2.41. The van der Waals surface area contributed by atoms with Crippen LogP contribution in [0.4, 0.5) is 0 Å². The Kier molecular flexibility index (Phi) is 5.15. The summed E-state index contributed by atoms with van der Waals surface area (Å²) >= 11 is 1.59. The second-order valence-electron chi connectivity index (χ2n) is 7.71. The van der Waals surface area contributed by atoms with Crippen LogP contribution in [0.15, 0.2) is 17.6 Å². The molecule has 0 radical (unpaired) electrons. The van der Waals surface area contributed by atoms with Gasteiger partial charge in [0.05, 0.1) is 11.2 Å². The third-order valence-corrected chi connectivity index (χ3v) is 6.38. The standard InChI is InChI=1S/C17H26BN3O3S/c1-12(22)21-8-6-7-14(21)11-25-15-19-9-13(10-20-15)18-23-16(2,3)17(4,5)24-18/h9-10,14H,6-8,11H2,1-5H3. The smallest absolute Gasteiger partial charge is 0.399 e. The molecular formula is C17H26BN3O3S. The van der Waals surface area contributed by atoms with Gasteiger partial charge in [0, 0.05) is 43.1 Å². The first kappa shape index (κ1) is 18.7. The maximum atomic E-state index is 11.6. The van der Waals surface area contributed by atoms with Crippen molar-refractivity contribution in [2.24, 2.45) is 0 Å². The van der Waals surface area contributed by atoms with E-state index in [1.54, 1.807) is 31.1 Å². The first-order valence-corrected chi connectivity index (χ1v) is 9.76. The zero-order chi connectivity index (χ0) is 18.2. The number of aromatic nitrogens is 2. The molecule has 2 saturated heterocycles. The van der Waals surface area contributed by atoms with Crippen LogP contribution in [0.3, 0.4) is 0 Å². The SMILES string of the molecule is CC(=O)N1CCCC1CSc1ncc(B2OC(C)(C)C(C)(C)O2)cn1. The van der Waals surface area contributed by atoms with Crippen molar-refractivity contribution in [3.05, 3.63) is 12.4 Å². The molecule has 0 bridgehead atoms. The third kappa shape index (κ3) is 3.86. The van der Waals surface area contributed by atoms with Gasteiger partial charge in [-0.1, -0.05) is 11.8 Å². The van der Waals surface area contributed by atoms with E-state index in [2.05, 4.69) is 9.97 Å². The molecule has 1 atom stereocenters. The fraction of sp³-hybridized carbons (Fsp3) is 0.706. The number of likely N-dealkylation sites (tertiary alicyclic amines) is 1. The molecule has 136 valence electrons. The minimum absolute atomic E-state index is 0.153.